The third-order valence-corrected chi connectivity index (χ3v) is 5.01. The minimum Gasteiger partial charge on any atom is -0.468 e. The first-order valence-electron chi connectivity index (χ1n) is 8.12. The lowest BCUT2D eigenvalue weighted by Crippen LogP contribution is -2.34. The van der Waals surface area contributed by atoms with E-state index < -0.39 is 0 Å². The van der Waals surface area contributed by atoms with Crippen molar-refractivity contribution in [1.82, 2.24) is 19.7 Å². The second-order valence-corrected chi connectivity index (χ2v) is 6.90. The van der Waals surface area contributed by atoms with Crippen molar-refractivity contribution < 1.29 is 4.42 Å². The van der Waals surface area contributed by atoms with Crippen molar-refractivity contribution in [3.05, 3.63) is 30.0 Å². The van der Waals surface area contributed by atoms with E-state index in [4.69, 9.17) is 4.42 Å². The van der Waals surface area contributed by atoms with E-state index in [1.807, 2.05) is 12.1 Å². The Labute approximate surface area is 136 Å². The van der Waals surface area contributed by atoms with Gasteiger partial charge in [0.1, 0.15) is 11.6 Å². The van der Waals surface area contributed by atoms with Crippen LogP contribution in [0, 0.1) is 0 Å². The van der Waals surface area contributed by atoms with Crippen LogP contribution in [0.2, 0.25) is 0 Å². The molecule has 1 saturated heterocycles. The van der Waals surface area contributed by atoms with E-state index in [0.717, 1.165) is 48.7 Å². The molecule has 3 rings (SSSR count). The molecule has 5 nitrogen and oxygen atoms in total. The van der Waals surface area contributed by atoms with Gasteiger partial charge in [-0.25, -0.2) is 0 Å². The van der Waals surface area contributed by atoms with Gasteiger partial charge in [0, 0.05) is 19.0 Å². The maximum absolute atomic E-state index is 5.48. The van der Waals surface area contributed by atoms with Gasteiger partial charge >= 0.3 is 0 Å². The molecule has 1 unspecified atom stereocenters. The number of rotatable bonds is 6. The largest absolute Gasteiger partial charge is 0.468 e. The highest BCUT2D eigenvalue weighted by atomic mass is 32.2. The molecule has 1 aliphatic heterocycles. The molecule has 0 spiro atoms. The summed E-state index contributed by atoms with van der Waals surface area (Å²) in [5.41, 5.74) is 0. The molecule has 3 heterocycles. The molecule has 1 atom stereocenters. The van der Waals surface area contributed by atoms with Gasteiger partial charge in [-0.3, -0.25) is 4.90 Å². The highest BCUT2D eigenvalue weighted by molar-refractivity contribution is 7.99. The van der Waals surface area contributed by atoms with Crippen molar-refractivity contribution in [2.24, 2.45) is 0 Å². The lowest BCUT2D eigenvalue weighted by atomic mass is 9.97. The molecule has 2 aromatic rings. The fourth-order valence-corrected chi connectivity index (χ4v) is 3.90. The smallest absolute Gasteiger partial charge is 0.191 e. The van der Waals surface area contributed by atoms with Crippen LogP contribution in [0.15, 0.2) is 28.0 Å². The molecule has 0 aliphatic carbocycles. The van der Waals surface area contributed by atoms with Gasteiger partial charge in [0.15, 0.2) is 5.16 Å². The predicted molar refractivity (Wildman–Crippen MR) is 88.1 cm³/mol. The quantitative estimate of drug-likeness (QED) is 0.764. The van der Waals surface area contributed by atoms with Crippen molar-refractivity contribution in [3.8, 4) is 0 Å². The second-order valence-electron chi connectivity index (χ2n) is 5.67. The third-order valence-electron chi connectivity index (χ3n) is 4.17. The molecule has 0 N–H and O–H groups in total. The van der Waals surface area contributed by atoms with E-state index in [-0.39, 0.29) is 0 Å². The first kappa shape index (κ1) is 15.6. The van der Waals surface area contributed by atoms with Crippen LogP contribution in [0.25, 0.3) is 0 Å². The lowest BCUT2D eigenvalue weighted by molar-refractivity contribution is 0.181. The standard InChI is InChI=1S/C16H24N4OS/c1-3-20-15(17-18-16(20)22-4-2)13-7-5-9-19(11-13)12-14-8-6-10-21-14/h6,8,10,13H,3-5,7,9,11-12H2,1-2H3. The van der Waals surface area contributed by atoms with Crippen LogP contribution < -0.4 is 0 Å². The first-order valence-corrected chi connectivity index (χ1v) is 9.11. The fourth-order valence-electron chi connectivity index (χ4n) is 3.17. The normalized spacial score (nSPS) is 19.6. The maximum atomic E-state index is 5.48. The van der Waals surface area contributed by atoms with Gasteiger partial charge < -0.3 is 8.98 Å². The van der Waals surface area contributed by atoms with Crippen LogP contribution in [0.1, 0.15) is 44.2 Å². The zero-order valence-electron chi connectivity index (χ0n) is 13.4. The summed E-state index contributed by atoms with van der Waals surface area (Å²) in [5, 5.41) is 9.95. The molecule has 0 saturated carbocycles. The van der Waals surface area contributed by atoms with Crippen molar-refractivity contribution in [1.29, 1.82) is 0 Å². The van der Waals surface area contributed by atoms with E-state index in [1.54, 1.807) is 18.0 Å². The van der Waals surface area contributed by atoms with Crippen molar-refractivity contribution in [3.63, 3.8) is 0 Å². The minimum absolute atomic E-state index is 0.474. The van der Waals surface area contributed by atoms with Crippen LogP contribution in [0.3, 0.4) is 0 Å². The van der Waals surface area contributed by atoms with Crippen LogP contribution in [-0.4, -0.2) is 38.5 Å². The van der Waals surface area contributed by atoms with Crippen molar-refractivity contribution in [2.75, 3.05) is 18.8 Å². The highest BCUT2D eigenvalue weighted by Crippen LogP contribution is 2.29. The van der Waals surface area contributed by atoms with Crippen molar-refractivity contribution >= 4 is 11.8 Å². The molecule has 1 aliphatic rings. The van der Waals surface area contributed by atoms with Crippen LogP contribution in [0.4, 0.5) is 0 Å². The molecule has 6 heteroatoms. The van der Waals surface area contributed by atoms with E-state index in [0.29, 0.717) is 5.92 Å². The van der Waals surface area contributed by atoms with Crippen LogP contribution >= 0.6 is 11.8 Å². The fraction of sp³-hybridized carbons (Fsp3) is 0.625. The first-order chi connectivity index (χ1) is 10.8. The Hall–Kier alpha value is -1.27. The Morgan fingerprint density at radius 2 is 2.27 bits per heavy atom. The van der Waals surface area contributed by atoms with Gasteiger partial charge in [0.25, 0.3) is 0 Å². The number of furan rings is 1. The summed E-state index contributed by atoms with van der Waals surface area (Å²) in [7, 11) is 0. The minimum atomic E-state index is 0.474. The van der Waals surface area contributed by atoms with Gasteiger partial charge in [-0.1, -0.05) is 18.7 Å². The second kappa shape index (κ2) is 7.33. The van der Waals surface area contributed by atoms with E-state index >= 15 is 0 Å². The maximum Gasteiger partial charge on any atom is 0.191 e. The van der Waals surface area contributed by atoms with E-state index in [1.165, 1.54) is 12.8 Å². The van der Waals surface area contributed by atoms with Crippen LogP contribution in [-0.2, 0) is 13.1 Å². The number of likely N-dealkylation sites (tertiary alicyclic amines) is 1. The van der Waals surface area contributed by atoms with Gasteiger partial charge in [-0.05, 0) is 44.2 Å². The van der Waals surface area contributed by atoms with Gasteiger partial charge in [-0.15, -0.1) is 10.2 Å². The summed E-state index contributed by atoms with van der Waals surface area (Å²) in [6.45, 7) is 8.34. The summed E-state index contributed by atoms with van der Waals surface area (Å²) in [5.74, 6) is 3.71. The molecule has 0 radical (unpaired) electrons. The molecule has 0 bridgehead atoms. The molecule has 2 aromatic heterocycles. The molecular formula is C16H24N4OS. The van der Waals surface area contributed by atoms with E-state index in [2.05, 4.69) is 33.5 Å². The number of nitrogens with zero attached hydrogens (tertiary/aromatic N) is 4. The lowest BCUT2D eigenvalue weighted by Gasteiger charge is -2.31. The summed E-state index contributed by atoms with van der Waals surface area (Å²) >= 11 is 1.78. The Morgan fingerprint density at radius 1 is 1.36 bits per heavy atom. The Morgan fingerprint density at radius 3 is 3.00 bits per heavy atom. The molecular weight excluding hydrogens is 296 g/mol. The summed E-state index contributed by atoms with van der Waals surface area (Å²) in [6, 6.07) is 4.01. The monoisotopic (exact) mass is 320 g/mol. The molecule has 22 heavy (non-hydrogen) atoms. The number of aromatic nitrogens is 3. The zero-order chi connectivity index (χ0) is 15.4. The third kappa shape index (κ3) is 3.38. The summed E-state index contributed by atoms with van der Waals surface area (Å²) in [4.78, 5) is 2.47. The Kier molecular flexibility index (Phi) is 5.20. The zero-order valence-corrected chi connectivity index (χ0v) is 14.2. The topological polar surface area (TPSA) is 47.1 Å². The molecule has 1 fully saturated rings. The highest BCUT2D eigenvalue weighted by Gasteiger charge is 2.26. The number of piperidine rings is 1. The number of hydrogen-bond donors (Lipinski definition) is 0. The molecule has 120 valence electrons. The van der Waals surface area contributed by atoms with Gasteiger partial charge in [0.2, 0.25) is 0 Å². The van der Waals surface area contributed by atoms with Gasteiger partial charge in [0.05, 0.1) is 12.8 Å². The number of thioether (sulfide) groups is 1. The Balaban J connectivity index is 1.71. The Bertz CT molecular complexity index is 581. The number of hydrogen-bond acceptors (Lipinski definition) is 5. The van der Waals surface area contributed by atoms with Gasteiger partial charge in [-0.2, -0.15) is 0 Å². The SMILES string of the molecule is CCSc1nnc(C2CCCN(Cc3ccco3)C2)n1CC. The average Bonchev–Trinajstić information content (AvgIpc) is 3.17. The van der Waals surface area contributed by atoms with E-state index in [9.17, 15) is 0 Å². The average molecular weight is 320 g/mol. The predicted octanol–water partition coefficient (Wildman–Crippen LogP) is 3.38. The van der Waals surface area contributed by atoms with Crippen molar-refractivity contribution in [2.45, 2.75) is 50.9 Å². The van der Waals surface area contributed by atoms with Crippen LogP contribution in [0.5, 0.6) is 0 Å². The molecule has 0 aromatic carbocycles. The summed E-state index contributed by atoms with van der Waals surface area (Å²) < 4.78 is 7.77. The molecule has 0 amide bonds. The summed E-state index contributed by atoms with van der Waals surface area (Å²) in [6.07, 6.45) is 4.15.